The summed E-state index contributed by atoms with van der Waals surface area (Å²) in [5.41, 5.74) is 17.7. The quantitative estimate of drug-likeness (QED) is 0.118. The third-order valence-corrected chi connectivity index (χ3v) is 23.0. The first-order valence-electron chi connectivity index (χ1n) is 34.4. The molecule has 0 aliphatic heterocycles. The highest BCUT2D eigenvalue weighted by atomic mass is 79.9. The Balaban J connectivity index is 0.000000121. The summed E-state index contributed by atoms with van der Waals surface area (Å²) in [5.74, 6) is 0. The van der Waals surface area contributed by atoms with Gasteiger partial charge in [-0.25, -0.2) is 0 Å². The van der Waals surface area contributed by atoms with E-state index in [2.05, 4.69) is 344 Å². The summed E-state index contributed by atoms with van der Waals surface area (Å²) in [5, 5.41) is 39.6. The van der Waals surface area contributed by atoms with Crippen molar-refractivity contribution in [1.29, 1.82) is 0 Å². The molecule has 0 amide bonds. The molecule has 0 spiro atoms. The van der Waals surface area contributed by atoms with Crippen LogP contribution >= 0.6 is 38.6 Å². The molecule has 0 saturated carbocycles. The van der Waals surface area contributed by atoms with Crippen molar-refractivity contribution in [3.8, 4) is 77.9 Å². The molecular formula is C96H62BBrO2S2. The highest BCUT2D eigenvalue weighted by Gasteiger charge is 2.24. The highest BCUT2D eigenvalue weighted by molar-refractivity contribution is 9.10. The van der Waals surface area contributed by atoms with Gasteiger partial charge in [0.1, 0.15) is 0 Å². The maximum Gasteiger partial charge on any atom is 0.489 e. The van der Waals surface area contributed by atoms with Crippen molar-refractivity contribution in [3.63, 3.8) is 0 Å². The zero-order valence-corrected chi connectivity index (χ0v) is 58.5. The van der Waals surface area contributed by atoms with Crippen LogP contribution in [0.15, 0.2) is 368 Å². The van der Waals surface area contributed by atoms with E-state index in [1.165, 1.54) is 145 Å². The second-order valence-electron chi connectivity index (χ2n) is 26.0. The first-order valence-corrected chi connectivity index (χ1v) is 36.9. The Morgan fingerprint density at radius 2 is 0.510 bits per heavy atom. The van der Waals surface area contributed by atoms with Crippen LogP contribution in [0.25, 0.3) is 183 Å². The number of thiophene rings is 2. The van der Waals surface area contributed by atoms with E-state index >= 15 is 0 Å². The molecule has 0 aliphatic carbocycles. The Kier molecular flexibility index (Phi) is 16.5. The van der Waals surface area contributed by atoms with Gasteiger partial charge >= 0.3 is 7.12 Å². The van der Waals surface area contributed by atoms with Crippen LogP contribution in [0, 0.1) is 0 Å². The molecule has 2 nitrogen and oxygen atoms in total. The van der Waals surface area contributed by atoms with Gasteiger partial charge in [-0.1, -0.05) is 325 Å². The standard InChI is InChI=1S/C48H30S.C30H21BO2.C18H11BrS/c1-2-13-32-28-34(27-26-31(32)12-1)33-14-9-16-36(29-33)46-40-19-3-5-21-42(40)47(43-22-6-4-20-41(43)46)37-17-10-15-35(30-37)38-23-11-24-44-39-18-7-8-25-45(39)49-48(38)44;32-31(33)30-27-14-5-3-12-25(27)29(26-13-4-6-15-28(26)30)24-11-7-10-22(19-24)23-17-16-20-8-1-2-9-21(20)18-23;19-13-6-3-5-12(11-13)14-8-4-9-16-15-7-1-2-10-17(15)20-18(14)16/h1-30H;1-19,32-33H;1-11H. The van der Waals surface area contributed by atoms with Crippen LogP contribution in [0.1, 0.15) is 0 Å². The summed E-state index contributed by atoms with van der Waals surface area (Å²) in [6.07, 6.45) is 0. The lowest BCUT2D eigenvalue weighted by atomic mass is 9.72. The number of hydrogen-bond acceptors (Lipinski definition) is 4. The lowest BCUT2D eigenvalue weighted by Crippen LogP contribution is -2.31. The lowest BCUT2D eigenvalue weighted by Gasteiger charge is -2.18. The Labute approximate surface area is 607 Å². The molecular weight excluding hydrogens is 1340 g/mol. The zero-order valence-electron chi connectivity index (χ0n) is 55.3. The Morgan fingerprint density at radius 3 is 0.922 bits per heavy atom. The van der Waals surface area contributed by atoms with Crippen molar-refractivity contribution in [2.45, 2.75) is 0 Å². The minimum absolute atomic E-state index is 0.552. The topological polar surface area (TPSA) is 40.5 Å². The summed E-state index contributed by atoms with van der Waals surface area (Å²) in [6, 6.07) is 130. The second-order valence-corrected chi connectivity index (χ2v) is 29.1. The second kappa shape index (κ2) is 26.8. The molecule has 0 unspecified atom stereocenters. The Morgan fingerprint density at radius 1 is 0.216 bits per heavy atom. The number of hydrogen-bond donors (Lipinski definition) is 2. The normalized spacial score (nSPS) is 11.5. The fourth-order valence-corrected chi connectivity index (χ4v) is 18.3. The molecule has 0 aliphatic rings. The van der Waals surface area contributed by atoms with Crippen molar-refractivity contribution in [3.05, 3.63) is 368 Å². The largest absolute Gasteiger partial charge is 0.489 e. The molecule has 0 atom stereocenters. The third kappa shape index (κ3) is 11.5. The summed E-state index contributed by atoms with van der Waals surface area (Å²) in [6.45, 7) is 0. The van der Waals surface area contributed by atoms with Crippen LogP contribution < -0.4 is 5.46 Å². The molecule has 480 valence electrons. The molecule has 0 saturated heterocycles. The van der Waals surface area contributed by atoms with Gasteiger partial charge in [-0.3, -0.25) is 0 Å². The van der Waals surface area contributed by atoms with Gasteiger partial charge in [0.2, 0.25) is 0 Å². The molecule has 6 heteroatoms. The van der Waals surface area contributed by atoms with E-state index in [0.29, 0.717) is 5.46 Å². The number of benzene rings is 18. The maximum absolute atomic E-state index is 10.2. The summed E-state index contributed by atoms with van der Waals surface area (Å²) >= 11 is 7.32. The molecule has 0 bridgehead atoms. The summed E-state index contributed by atoms with van der Waals surface area (Å²) < 4.78 is 6.51. The van der Waals surface area contributed by atoms with Gasteiger partial charge in [0, 0.05) is 44.8 Å². The predicted octanol–water partition coefficient (Wildman–Crippen LogP) is 26.8. The summed E-state index contributed by atoms with van der Waals surface area (Å²) in [4.78, 5) is 0. The fraction of sp³-hybridized carbons (Fsp3) is 0. The SMILES string of the molecule is Brc1cccc(-c2cccc3c2sc2ccccc23)c1.OB(O)c1c2ccccc2c(-c2cccc(-c3ccc4ccccc4c3)c2)c2ccccc12.c1cc(-c2ccc3ccccc3c2)cc(-c2c3ccccc3c(-c3cccc(-c4cccc5c4sc4ccccc45)c3)c3ccccc23)c1. The Bertz CT molecular complexity index is 6550. The van der Waals surface area contributed by atoms with Gasteiger partial charge < -0.3 is 10.0 Å². The van der Waals surface area contributed by atoms with Crippen molar-refractivity contribution < 1.29 is 10.0 Å². The van der Waals surface area contributed by atoms with Crippen molar-refractivity contribution in [1.82, 2.24) is 0 Å². The van der Waals surface area contributed by atoms with Crippen molar-refractivity contribution >= 4 is 156 Å². The Hall–Kier alpha value is -11.6. The number of halogens is 1. The first-order chi connectivity index (χ1) is 50.3. The predicted molar refractivity (Wildman–Crippen MR) is 446 cm³/mol. The smallest absolute Gasteiger partial charge is 0.423 e. The molecule has 20 rings (SSSR count). The molecule has 0 radical (unpaired) electrons. The van der Waals surface area contributed by atoms with E-state index in [4.69, 9.17) is 0 Å². The monoisotopic (exact) mass is 1400 g/mol. The van der Waals surface area contributed by atoms with Crippen LogP contribution in [-0.4, -0.2) is 17.2 Å². The van der Waals surface area contributed by atoms with Crippen molar-refractivity contribution in [2.24, 2.45) is 0 Å². The number of rotatable bonds is 8. The van der Waals surface area contributed by atoms with Gasteiger partial charge in [0.05, 0.1) is 0 Å². The van der Waals surface area contributed by atoms with Crippen LogP contribution in [0.4, 0.5) is 0 Å². The first kappa shape index (κ1) is 62.7. The molecule has 2 N–H and O–H groups in total. The van der Waals surface area contributed by atoms with E-state index in [-0.39, 0.29) is 0 Å². The fourth-order valence-electron chi connectivity index (χ4n) is 15.4. The van der Waals surface area contributed by atoms with Crippen LogP contribution in [0.3, 0.4) is 0 Å². The molecule has 20 aromatic rings. The third-order valence-electron chi connectivity index (χ3n) is 20.0. The molecule has 0 fully saturated rings. The highest BCUT2D eigenvalue weighted by Crippen LogP contribution is 2.48. The number of fused-ring (bicyclic) bond motifs is 12. The molecule has 2 aromatic heterocycles. The molecule has 2 heterocycles. The maximum atomic E-state index is 10.2. The van der Waals surface area contributed by atoms with Crippen LogP contribution in [0.2, 0.25) is 0 Å². The molecule has 102 heavy (non-hydrogen) atoms. The van der Waals surface area contributed by atoms with E-state index < -0.39 is 7.12 Å². The summed E-state index contributed by atoms with van der Waals surface area (Å²) in [7, 11) is -1.54. The van der Waals surface area contributed by atoms with Gasteiger partial charge in [-0.15, -0.1) is 22.7 Å². The van der Waals surface area contributed by atoms with Gasteiger partial charge in [-0.2, -0.15) is 0 Å². The minimum atomic E-state index is -1.54. The van der Waals surface area contributed by atoms with Crippen molar-refractivity contribution in [2.75, 3.05) is 0 Å². The lowest BCUT2D eigenvalue weighted by molar-refractivity contribution is 0.426. The molecule has 18 aromatic carbocycles. The van der Waals surface area contributed by atoms with Gasteiger partial charge in [0.15, 0.2) is 0 Å². The van der Waals surface area contributed by atoms with E-state index in [0.717, 1.165) is 42.7 Å². The zero-order chi connectivity index (χ0) is 68.2. The van der Waals surface area contributed by atoms with E-state index in [9.17, 15) is 10.0 Å². The van der Waals surface area contributed by atoms with Gasteiger partial charge in [0.25, 0.3) is 0 Å². The van der Waals surface area contributed by atoms with Crippen LogP contribution in [0.5, 0.6) is 0 Å². The van der Waals surface area contributed by atoms with E-state index in [1.807, 2.05) is 59.1 Å². The average Bonchev–Trinajstić information content (AvgIpc) is 1.02. The van der Waals surface area contributed by atoms with E-state index in [1.54, 1.807) is 0 Å². The van der Waals surface area contributed by atoms with Gasteiger partial charge in [-0.05, 0) is 203 Å². The average molecular weight is 1400 g/mol. The van der Waals surface area contributed by atoms with Crippen LogP contribution in [-0.2, 0) is 0 Å². The minimum Gasteiger partial charge on any atom is -0.423 e.